The van der Waals surface area contributed by atoms with Gasteiger partial charge < -0.3 is 10.4 Å². The summed E-state index contributed by atoms with van der Waals surface area (Å²) in [5, 5.41) is 21.4. The third-order valence-corrected chi connectivity index (χ3v) is 9.82. The molecule has 1 saturated heterocycles. The number of hydrogen-bond acceptors (Lipinski definition) is 10. The van der Waals surface area contributed by atoms with Crippen LogP contribution in [0.3, 0.4) is 0 Å². The van der Waals surface area contributed by atoms with Crippen LogP contribution in [-0.2, 0) is 30.6 Å². The fourth-order valence-corrected chi connectivity index (χ4v) is 7.91. The number of aliphatic carboxylic acids is 1. The van der Waals surface area contributed by atoms with Gasteiger partial charge in [0, 0.05) is 10.6 Å². The Balaban J connectivity index is 1.52. The van der Waals surface area contributed by atoms with E-state index in [1.807, 2.05) is 17.5 Å². The first-order valence-corrected chi connectivity index (χ1v) is 13.3. The molecule has 0 spiro atoms. The number of fused-ring (bicyclic) bond motifs is 1. The van der Waals surface area contributed by atoms with Crippen LogP contribution in [0.5, 0.6) is 0 Å². The lowest BCUT2D eigenvalue weighted by Crippen LogP contribution is -2.70. The van der Waals surface area contributed by atoms with Crippen molar-refractivity contribution in [3.05, 3.63) is 38.7 Å². The Bertz CT molecular complexity index is 1190. The van der Waals surface area contributed by atoms with Crippen molar-refractivity contribution in [2.45, 2.75) is 29.1 Å². The maximum atomic E-state index is 12.7. The lowest BCUT2D eigenvalue weighted by molar-refractivity contribution is -0.150. The average Bonchev–Trinajstić information content (AvgIpc) is 3.37. The standard InChI is InChI=1S/C17H16N4O6S4/c1-8-19-20-17(30-8)31(26,27)7-9-6-29-15-12(14(23)21(15)13(9)16(24)25)18-11(22)5-10-3-2-4-28-10/h2-4,12,15H,5-7H2,1H3,(H,18,22)(H,24,25)/t12-,15-/m1/s1. The van der Waals surface area contributed by atoms with Crippen LogP contribution >= 0.6 is 34.4 Å². The molecule has 2 amide bonds. The van der Waals surface area contributed by atoms with Gasteiger partial charge in [-0.15, -0.1) is 33.3 Å². The molecule has 2 aromatic rings. The highest BCUT2D eigenvalue weighted by molar-refractivity contribution is 8.00. The molecule has 164 valence electrons. The van der Waals surface area contributed by atoms with E-state index >= 15 is 0 Å². The number of thioether (sulfide) groups is 1. The largest absolute Gasteiger partial charge is 0.477 e. The van der Waals surface area contributed by atoms with Crippen LogP contribution in [0.25, 0.3) is 0 Å². The predicted octanol–water partition coefficient (Wildman–Crippen LogP) is 0.663. The van der Waals surface area contributed by atoms with Gasteiger partial charge in [0.15, 0.2) is 0 Å². The highest BCUT2D eigenvalue weighted by atomic mass is 32.2. The summed E-state index contributed by atoms with van der Waals surface area (Å²) in [5.41, 5.74) is -0.236. The number of amides is 2. The van der Waals surface area contributed by atoms with Gasteiger partial charge in [-0.3, -0.25) is 14.5 Å². The number of nitrogens with zero attached hydrogens (tertiary/aromatic N) is 3. The molecule has 2 N–H and O–H groups in total. The second-order valence-electron chi connectivity index (χ2n) is 6.81. The third kappa shape index (κ3) is 4.24. The molecule has 0 aromatic carbocycles. The quantitative estimate of drug-likeness (QED) is 0.523. The van der Waals surface area contributed by atoms with Crippen molar-refractivity contribution in [3.63, 3.8) is 0 Å². The first kappa shape index (κ1) is 21.9. The predicted molar refractivity (Wildman–Crippen MR) is 114 cm³/mol. The number of carbonyl (C=O) groups is 3. The highest BCUT2D eigenvalue weighted by Crippen LogP contribution is 2.41. The maximum Gasteiger partial charge on any atom is 0.352 e. The van der Waals surface area contributed by atoms with Gasteiger partial charge in [-0.25, -0.2) is 13.2 Å². The van der Waals surface area contributed by atoms with Gasteiger partial charge in [0.05, 0.1) is 12.2 Å². The van der Waals surface area contributed by atoms with Gasteiger partial charge in [0.25, 0.3) is 5.91 Å². The van der Waals surface area contributed by atoms with Crippen LogP contribution < -0.4 is 5.32 Å². The molecule has 4 heterocycles. The van der Waals surface area contributed by atoms with Crippen LogP contribution in [-0.4, -0.2) is 69.3 Å². The average molecular weight is 501 g/mol. The zero-order valence-corrected chi connectivity index (χ0v) is 19.2. The number of β-lactam (4-membered cyclic amide) rings is 1. The van der Waals surface area contributed by atoms with Gasteiger partial charge in [0.1, 0.15) is 22.1 Å². The van der Waals surface area contributed by atoms with Crippen LogP contribution in [0.4, 0.5) is 0 Å². The molecule has 0 aliphatic carbocycles. The molecule has 31 heavy (non-hydrogen) atoms. The van der Waals surface area contributed by atoms with Crippen molar-refractivity contribution in [2.24, 2.45) is 0 Å². The number of carboxylic acid groups (broad SMARTS) is 1. The molecule has 2 aliphatic rings. The van der Waals surface area contributed by atoms with E-state index in [-0.39, 0.29) is 33.7 Å². The number of sulfone groups is 1. The summed E-state index contributed by atoms with van der Waals surface area (Å²) in [7, 11) is -3.90. The zero-order valence-electron chi connectivity index (χ0n) is 16.0. The lowest BCUT2D eigenvalue weighted by Gasteiger charge is -2.49. The van der Waals surface area contributed by atoms with Crippen molar-refractivity contribution >= 4 is 62.1 Å². The van der Waals surface area contributed by atoms with E-state index in [9.17, 15) is 27.9 Å². The molecule has 0 bridgehead atoms. The smallest absolute Gasteiger partial charge is 0.352 e. The number of hydrogen-bond donors (Lipinski definition) is 2. The first-order valence-electron chi connectivity index (χ1n) is 8.92. The fourth-order valence-electron chi connectivity index (χ4n) is 3.29. The molecule has 0 saturated carbocycles. The van der Waals surface area contributed by atoms with Crippen molar-refractivity contribution in [2.75, 3.05) is 11.5 Å². The van der Waals surface area contributed by atoms with Gasteiger partial charge in [0.2, 0.25) is 20.1 Å². The molecule has 0 unspecified atom stereocenters. The summed E-state index contributed by atoms with van der Waals surface area (Å²) in [6.07, 6.45) is 0.130. The molecule has 2 aromatic heterocycles. The normalized spacial score (nSPS) is 20.9. The van der Waals surface area contributed by atoms with E-state index in [1.54, 1.807) is 6.92 Å². The highest BCUT2D eigenvalue weighted by Gasteiger charge is 2.54. The van der Waals surface area contributed by atoms with Crippen LogP contribution in [0.2, 0.25) is 0 Å². The number of aromatic nitrogens is 2. The number of carbonyl (C=O) groups excluding carboxylic acids is 2. The second kappa shape index (κ2) is 8.33. The fraction of sp³-hybridized carbons (Fsp3) is 0.353. The molecule has 2 atom stereocenters. The monoisotopic (exact) mass is 500 g/mol. The molecular weight excluding hydrogens is 484 g/mol. The maximum absolute atomic E-state index is 12.7. The Morgan fingerprint density at radius 3 is 2.74 bits per heavy atom. The summed E-state index contributed by atoms with van der Waals surface area (Å²) >= 11 is 3.55. The third-order valence-electron chi connectivity index (χ3n) is 4.62. The van der Waals surface area contributed by atoms with Gasteiger partial charge in [-0.05, 0) is 23.9 Å². The van der Waals surface area contributed by atoms with E-state index in [1.165, 1.54) is 23.1 Å². The summed E-state index contributed by atoms with van der Waals surface area (Å²) in [5.74, 6) is -2.76. The number of thiophene rings is 1. The second-order valence-corrected chi connectivity index (χ2v) is 12.3. The molecule has 1 fully saturated rings. The Kier molecular flexibility index (Phi) is 5.89. The Labute approximate surface area is 189 Å². The lowest BCUT2D eigenvalue weighted by atomic mass is 10.0. The van der Waals surface area contributed by atoms with Crippen molar-refractivity contribution in [3.8, 4) is 0 Å². The minimum atomic E-state index is -3.90. The summed E-state index contributed by atoms with van der Waals surface area (Å²) in [4.78, 5) is 38.7. The van der Waals surface area contributed by atoms with Gasteiger partial charge in [-0.1, -0.05) is 17.4 Å². The molecule has 10 nitrogen and oxygen atoms in total. The number of rotatable bonds is 7. The number of carboxylic acids is 1. The molecule has 0 radical (unpaired) electrons. The number of nitrogens with one attached hydrogen (secondary N) is 1. The van der Waals surface area contributed by atoms with Crippen LogP contribution in [0, 0.1) is 6.92 Å². The molecule has 2 aliphatic heterocycles. The van der Waals surface area contributed by atoms with Crippen molar-refractivity contribution in [1.29, 1.82) is 0 Å². The Morgan fingerprint density at radius 2 is 2.13 bits per heavy atom. The topological polar surface area (TPSA) is 147 Å². The van der Waals surface area contributed by atoms with Gasteiger partial charge >= 0.3 is 5.97 Å². The molecule has 4 rings (SSSR count). The summed E-state index contributed by atoms with van der Waals surface area (Å²) < 4.78 is 25.1. The Morgan fingerprint density at radius 1 is 1.35 bits per heavy atom. The van der Waals surface area contributed by atoms with Crippen molar-refractivity contribution < 1.29 is 27.9 Å². The molecular formula is C17H16N4O6S4. The van der Waals surface area contributed by atoms with Gasteiger partial charge in [-0.2, -0.15) is 0 Å². The van der Waals surface area contributed by atoms with Crippen LogP contribution in [0.15, 0.2) is 33.1 Å². The zero-order chi connectivity index (χ0) is 22.3. The van der Waals surface area contributed by atoms with Crippen LogP contribution in [0.1, 0.15) is 9.88 Å². The minimum absolute atomic E-state index is 0.102. The molecule has 14 heteroatoms. The van der Waals surface area contributed by atoms with E-state index in [4.69, 9.17) is 0 Å². The van der Waals surface area contributed by atoms with E-state index in [2.05, 4.69) is 15.5 Å². The van der Waals surface area contributed by atoms with Crippen molar-refractivity contribution in [1.82, 2.24) is 20.4 Å². The summed E-state index contributed by atoms with van der Waals surface area (Å²) in [6.45, 7) is 1.62. The summed E-state index contributed by atoms with van der Waals surface area (Å²) in [6, 6.07) is 2.78. The van der Waals surface area contributed by atoms with E-state index < -0.39 is 38.9 Å². The SMILES string of the molecule is Cc1nnc(S(=O)(=O)CC2=C(C(=O)O)N3C(=O)[C@@H](NC(=O)Cc4cccs4)[C@H]3SC2)s1. The minimum Gasteiger partial charge on any atom is -0.477 e. The first-order chi connectivity index (χ1) is 14.7. The van der Waals surface area contributed by atoms with E-state index in [0.717, 1.165) is 21.1 Å². The number of aryl methyl sites for hydroxylation is 1. The Hall–Kier alpha value is -2.29. The van der Waals surface area contributed by atoms with E-state index in [0.29, 0.717) is 5.01 Å².